The molecule has 0 radical (unpaired) electrons. The van der Waals surface area contributed by atoms with Gasteiger partial charge in [0, 0.05) is 6.20 Å². The van der Waals surface area contributed by atoms with Crippen LogP contribution >= 0.6 is 0 Å². The lowest BCUT2D eigenvalue weighted by atomic mass is 10.2. The number of H-pyrrole nitrogens is 1. The summed E-state index contributed by atoms with van der Waals surface area (Å²) in [6, 6.07) is -0.856. The normalized spacial score (nSPS) is 13.7. The Labute approximate surface area is 103 Å². The first-order valence-electron chi connectivity index (χ1n) is 5.17. The van der Waals surface area contributed by atoms with Crippen LogP contribution in [-0.4, -0.2) is 20.7 Å². The molecule has 9 heteroatoms. The Bertz CT molecular complexity index is 701. The maximum Gasteiger partial charge on any atom is 0.408 e. The van der Waals surface area contributed by atoms with Crippen LogP contribution in [0.4, 0.5) is 18.9 Å². The van der Waals surface area contributed by atoms with Gasteiger partial charge in [0.15, 0.2) is 0 Å². The van der Waals surface area contributed by atoms with Crippen LogP contribution in [0.15, 0.2) is 23.3 Å². The van der Waals surface area contributed by atoms with Gasteiger partial charge >= 0.3 is 6.18 Å². The van der Waals surface area contributed by atoms with Gasteiger partial charge in [0.1, 0.15) is 11.4 Å². The third kappa shape index (κ3) is 2.07. The van der Waals surface area contributed by atoms with Crippen molar-refractivity contribution in [3.8, 4) is 0 Å². The van der Waals surface area contributed by atoms with Gasteiger partial charge in [-0.15, -0.1) is 0 Å². The van der Waals surface area contributed by atoms with Crippen molar-refractivity contribution in [3.05, 3.63) is 38.9 Å². The summed E-state index contributed by atoms with van der Waals surface area (Å²) < 4.78 is 38.2. The first-order valence-corrected chi connectivity index (χ1v) is 5.17. The molecule has 2 heterocycles. The number of halogens is 3. The van der Waals surface area contributed by atoms with Crippen LogP contribution in [-0.2, 0) is 0 Å². The Morgan fingerprint density at radius 1 is 1.47 bits per heavy atom. The van der Waals surface area contributed by atoms with E-state index in [1.54, 1.807) is 0 Å². The molecule has 19 heavy (non-hydrogen) atoms. The maximum absolute atomic E-state index is 12.6. The van der Waals surface area contributed by atoms with Gasteiger partial charge in [-0.1, -0.05) is 0 Å². The first kappa shape index (κ1) is 13.1. The van der Waals surface area contributed by atoms with Gasteiger partial charge in [-0.25, -0.2) is 0 Å². The van der Waals surface area contributed by atoms with Gasteiger partial charge in [0.05, 0.1) is 16.6 Å². The molecule has 0 fully saturated rings. The highest BCUT2D eigenvalue weighted by Gasteiger charge is 2.38. The predicted octanol–water partition coefficient (Wildman–Crippen LogP) is 2.36. The molecular weight excluding hydrogens is 267 g/mol. The third-order valence-electron chi connectivity index (χ3n) is 2.83. The smallest absolute Gasteiger partial charge is 0.355 e. The zero-order valence-electron chi connectivity index (χ0n) is 9.56. The molecule has 6 nitrogen and oxygen atoms in total. The Balaban J connectivity index is 2.73. The minimum absolute atomic E-state index is 0.127. The van der Waals surface area contributed by atoms with Crippen LogP contribution in [0, 0.1) is 10.1 Å². The highest BCUT2D eigenvalue weighted by molar-refractivity contribution is 5.87. The van der Waals surface area contributed by atoms with Crippen molar-refractivity contribution in [1.82, 2.24) is 9.55 Å². The summed E-state index contributed by atoms with van der Waals surface area (Å²) >= 11 is 0. The van der Waals surface area contributed by atoms with Crippen LogP contribution in [0.3, 0.4) is 0 Å². The lowest BCUT2D eigenvalue weighted by Crippen LogP contribution is -2.32. The average Bonchev–Trinajstić information content (AvgIpc) is 2.72. The molecule has 1 N–H and O–H groups in total. The molecular formula is C10H8F3N3O3. The highest BCUT2D eigenvalue weighted by Crippen LogP contribution is 2.30. The van der Waals surface area contributed by atoms with E-state index < -0.39 is 28.4 Å². The number of nitrogens with zero attached hydrogens (tertiary/aromatic N) is 2. The Morgan fingerprint density at radius 2 is 2.11 bits per heavy atom. The molecule has 2 aromatic rings. The number of fused-ring (bicyclic) bond motifs is 1. The lowest BCUT2D eigenvalue weighted by molar-refractivity contribution is -0.383. The van der Waals surface area contributed by atoms with E-state index in [0.29, 0.717) is 4.57 Å². The summed E-state index contributed by atoms with van der Waals surface area (Å²) in [5, 5.41) is 10.4. The summed E-state index contributed by atoms with van der Waals surface area (Å²) in [6.07, 6.45) is -2.67. The average molecular weight is 275 g/mol. The molecule has 2 rings (SSSR count). The summed E-state index contributed by atoms with van der Waals surface area (Å²) in [7, 11) is 0. The summed E-state index contributed by atoms with van der Waals surface area (Å²) in [4.78, 5) is 24.3. The van der Waals surface area contributed by atoms with Gasteiger partial charge in [-0.2, -0.15) is 13.2 Å². The van der Waals surface area contributed by atoms with E-state index >= 15 is 0 Å². The standard InChI is InChI=1S/C10H8F3N3O3/c1-5(10(11,12)13)15-3-2-6-8(9(15)17)7(4-14-6)16(18)19/h2-5,14H,1H3. The highest BCUT2D eigenvalue weighted by atomic mass is 19.4. The van der Waals surface area contributed by atoms with E-state index in [1.807, 2.05) is 0 Å². The molecule has 2 aromatic heterocycles. The molecule has 1 atom stereocenters. The van der Waals surface area contributed by atoms with Crippen molar-refractivity contribution >= 4 is 16.6 Å². The number of nitro groups is 1. The molecule has 0 aliphatic carbocycles. The number of hydrogen-bond donors (Lipinski definition) is 1. The van der Waals surface area contributed by atoms with Crippen molar-refractivity contribution in [2.75, 3.05) is 0 Å². The number of hydrogen-bond acceptors (Lipinski definition) is 3. The second kappa shape index (κ2) is 4.11. The molecule has 0 saturated carbocycles. The largest absolute Gasteiger partial charge is 0.408 e. The van der Waals surface area contributed by atoms with Crippen molar-refractivity contribution in [3.63, 3.8) is 0 Å². The van der Waals surface area contributed by atoms with E-state index in [4.69, 9.17) is 0 Å². The molecule has 0 saturated heterocycles. The fourth-order valence-corrected chi connectivity index (χ4v) is 1.74. The van der Waals surface area contributed by atoms with Crippen LogP contribution in [0.25, 0.3) is 10.9 Å². The fraction of sp³-hybridized carbons (Fsp3) is 0.300. The minimum atomic E-state index is -4.61. The molecule has 0 amide bonds. The maximum atomic E-state index is 12.6. The van der Waals surface area contributed by atoms with E-state index in [1.165, 1.54) is 6.07 Å². The van der Waals surface area contributed by atoms with E-state index in [2.05, 4.69) is 4.98 Å². The molecule has 0 aliphatic rings. The molecule has 0 spiro atoms. The Morgan fingerprint density at radius 3 is 2.63 bits per heavy atom. The van der Waals surface area contributed by atoms with Crippen molar-refractivity contribution in [2.45, 2.75) is 19.1 Å². The lowest BCUT2D eigenvalue weighted by Gasteiger charge is -2.18. The van der Waals surface area contributed by atoms with Crippen LogP contribution in [0.2, 0.25) is 0 Å². The topological polar surface area (TPSA) is 80.9 Å². The van der Waals surface area contributed by atoms with Crippen molar-refractivity contribution < 1.29 is 18.1 Å². The number of rotatable bonds is 2. The summed E-state index contributed by atoms with van der Waals surface area (Å²) in [5.74, 6) is 0. The number of alkyl halides is 3. The second-order valence-corrected chi connectivity index (χ2v) is 3.97. The minimum Gasteiger partial charge on any atom is -0.355 e. The second-order valence-electron chi connectivity index (χ2n) is 3.97. The summed E-state index contributed by atoms with van der Waals surface area (Å²) in [5.41, 5.74) is -1.46. The fourth-order valence-electron chi connectivity index (χ4n) is 1.74. The molecule has 102 valence electrons. The zero-order valence-corrected chi connectivity index (χ0v) is 9.56. The molecule has 0 bridgehead atoms. The molecule has 0 aliphatic heterocycles. The SMILES string of the molecule is CC(n1ccc2[nH]cc([N+](=O)[O-])c2c1=O)C(F)(F)F. The van der Waals surface area contributed by atoms with E-state index in [9.17, 15) is 28.1 Å². The quantitative estimate of drug-likeness (QED) is 0.674. The number of aromatic nitrogens is 2. The number of nitrogens with one attached hydrogen (secondary N) is 1. The zero-order chi connectivity index (χ0) is 14.4. The number of pyridine rings is 1. The van der Waals surface area contributed by atoms with Gasteiger partial charge in [-0.05, 0) is 13.0 Å². The Hall–Kier alpha value is -2.32. The van der Waals surface area contributed by atoms with Gasteiger partial charge < -0.3 is 9.55 Å². The van der Waals surface area contributed by atoms with Crippen LogP contribution in [0.5, 0.6) is 0 Å². The van der Waals surface area contributed by atoms with Crippen LogP contribution < -0.4 is 5.56 Å². The van der Waals surface area contributed by atoms with Gasteiger partial charge in [0.25, 0.3) is 11.2 Å². The van der Waals surface area contributed by atoms with Crippen LogP contribution in [0.1, 0.15) is 13.0 Å². The molecule has 1 unspecified atom stereocenters. The molecule has 0 aromatic carbocycles. The predicted molar refractivity (Wildman–Crippen MR) is 60.0 cm³/mol. The number of aromatic amines is 1. The summed E-state index contributed by atoms with van der Waals surface area (Å²) in [6.45, 7) is 0.811. The van der Waals surface area contributed by atoms with E-state index in [0.717, 1.165) is 19.3 Å². The van der Waals surface area contributed by atoms with Crippen molar-refractivity contribution in [1.29, 1.82) is 0 Å². The first-order chi connectivity index (χ1) is 8.73. The van der Waals surface area contributed by atoms with E-state index in [-0.39, 0.29) is 10.9 Å². The third-order valence-corrected chi connectivity index (χ3v) is 2.83. The van der Waals surface area contributed by atoms with Gasteiger partial charge in [0.2, 0.25) is 0 Å². The monoisotopic (exact) mass is 275 g/mol. The Kier molecular flexibility index (Phi) is 2.84. The van der Waals surface area contributed by atoms with Gasteiger partial charge in [-0.3, -0.25) is 14.9 Å². The van der Waals surface area contributed by atoms with Crippen molar-refractivity contribution in [2.24, 2.45) is 0 Å².